The number of nitrogens with zero attached hydrogens (tertiary/aromatic N) is 5. The van der Waals surface area contributed by atoms with Crippen LogP contribution in [0.4, 0.5) is 26.4 Å². The Labute approximate surface area is 221 Å². The molecule has 0 bridgehead atoms. The summed E-state index contributed by atoms with van der Waals surface area (Å²) in [6, 6.07) is 3.40. The first kappa shape index (κ1) is 27.7. The van der Waals surface area contributed by atoms with E-state index in [0.29, 0.717) is 42.4 Å². The summed E-state index contributed by atoms with van der Waals surface area (Å²) in [6.45, 7) is 4.70. The van der Waals surface area contributed by atoms with E-state index in [1.54, 1.807) is 6.20 Å². The van der Waals surface area contributed by atoms with Crippen molar-refractivity contribution < 1.29 is 18.7 Å². The second kappa shape index (κ2) is 11.6. The highest BCUT2D eigenvalue weighted by Gasteiger charge is 2.36. The van der Waals surface area contributed by atoms with Crippen LogP contribution in [0.1, 0.15) is 65.8 Å². The van der Waals surface area contributed by atoms with E-state index in [1.165, 1.54) is 12.1 Å². The molecule has 0 spiro atoms. The van der Waals surface area contributed by atoms with Crippen LogP contribution in [0, 0.1) is 17.6 Å². The number of fused-ring (bicyclic) bond motifs is 1. The maximum Gasteiger partial charge on any atom is 0.226 e. The number of nitrogens with one attached hydrogen (secondary N) is 2. The fourth-order valence-corrected chi connectivity index (χ4v) is 5.50. The molecule has 0 radical (unpaired) electrons. The van der Waals surface area contributed by atoms with Crippen molar-refractivity contribution in [1.82, 2.24) is 24.4 Å². The van der Waals surface area contributed by atoms with Crippen molar-refractivity contribution in [2.45, 2.75) is 77.9 Å². The molecule has 1 atom stereocenters. The summed E-state index contributed by atoms with van der Waals surface area (Å²) in [4.78, 5) is 28.7. The zero-order valence-corrected chi connectivity index (χ0v) is 21.1. The highest BCUT2D eigenvalue weighted by atomic mass is 19.1. The number of carbonyl (C=O) groups is 1. The zero-order valence-electron chi connectivity index (χ0n) is 21.1. The smallest absolute Gasteiger partial charge is 0.226 e. The standard InChI is InChI=1S/C26H33F2N7O2.CH4/c1-15(2)30-25-29-13-22-23(33-25)35(26(32-22)31-21-10-7-17(27)12-20(21)28)18-8-5-16(6-9-18)24(37)34-11-3-4-19(34)14-36;/h7,10,12-13,15-16,18-19,36H,3-6,8-9,11,14H2,1-2H3,(H,31,32)(H,29,30,33);1H4/t16?,18?,19-;/m0./s1. The lowest BCUT2D eigenvalue weighted by Gasteiger charge is -2.33. The zero-order chi connectivity index (χ0) is 26.1. The summed E-state index contributed by atoms with van der Waals surface area (Å²) in [6.07, 6.45) is 6.24. The highest BCUT2D eigenvalue weighted by molar-refractivity contribution is 5.80. The number of aliphatic hydroxyl groups excluding tert-OH is 1. The van der Waals surface area contributed by atoms with Crippen LogP contribution in [0.2, 0.25) is 0 Å². The molecule has 1 aliphatic carbocycles. The maximum atomic E-state index is 14.5. The number of hydrogen-bond donors (Lipinski definition) is 3. The van der Waals surface area contributed by atoms with Gasteiger partial charge in [-0.25, -0.2) is 18.7 Å². The number of amides is 1. The lowest BCUT2D eigenvalue weighted by molar-refractivity contribution is -0.138. The lowest BCUT2D eigenvalue weighted by Crippen LogP contribution is -2.42. The molecule has 5 rings (SSSR count). The molecule has 1 saturated carbocycles. The van der Waals surface area contributed by atoms with Crippen LogP contribution in [0.5, 0.6) is 0 Å². The summed E-state index contributed by atoms with van der Waals surface area (Å²) in [5, 5.41) is 15.9. The van der Waals surface area contributed by atoms with Gasteiger partial charge in [0.1, 0.15) is 17.2 Å². The summed E-state index contributed by atoms with van der Waals surface area (Å²) in [7, 11) is 0. The number of hydrogen-bond acceptors (Lipinski definition) is 7. The van der Waals surface area contributed by atoms with Gasteiger partial charge in [0.25, 0.3) is 0 Å². The van der Waals surface area contributed by atoms with Crippen LogP contribution >= 0.6 is 0 Å². The number of aliphatic hydroxyl groups is 1. The van der Waals surface area contributed by atoms with E-state index in [-0.39, 0.29) is 49.7 Å². The van der Waals surface area contributed by atoms with Crippen LogP contribution in [0.25, 0.3) is 11.2 Å². The van der Waals surface area contributed by atoms with Crippen molar-refractivity contribution in [1.29, 1.82) is 0 Å². The summed E-state index contributed by atoms with van der Waals surface area (Å²) >= 11 is 0. The van der Waals surface area contributed by atoms with Gasteiger partial charge < -0.3 is 20.6 Å². The molecular formula is C27H37F2N7O2. The Hall–Kier alpha value is -3.34. The number of aromatic nitrogens is 4. The van der Waals surface area contributed by atoms with E-state index in [4.69, 9.17) is 4.98 Å². The first-order valence-corrected chi connectivity index (χ1v) is 13.0. The lowest BCUT2D eigenvalue weighted by atomic mass is 9.85. The second-order valence-electron chi connectivity index (χ2n) is 10.3. The van der Waals surface area contributed by atoms with Crippen molar-refractivity contribution in [2.24, 2.45) is 5.92 Å². The van der Waals surface area contributed by atoms with Crippen molar-refractivity contribution in [3.63, 3.8) is 0 Å². The fourth-order valence-electron chi connectivity index (χ4n) is 5.50. The van der Waals surface area contributed by atoms with Crippen LogP contribution in [0.15, 0.2) is 24.4 Å². The monoisotopic (exact) mass is 529 g/mol. The molecule has 1 amide bonds. The predicted molar refractivity (Wildman–Crippen MR) is 143 cm³/mol. The van der Waals surface area contributed by atoms with Gasteiger partial charge in [-0.2, -0.15) is 4.98 Å². The Morgan fingerprint density at radius 1 is 1.16 bits per heavy atom. The van der Waals surface area contributed by atoms with E-state index >= 15 is 0 Å². The van der Waals surface area contributed by atoms with Gasteiger partial charge in [-0.3, -0.25) is 9.36 Å². The van der Waals surface area contributed by atoms with Crippen LogP contribution in [0.3, 0.4) is 0 Å². The van der Waals surface area contributed by atoms with Crippen molar-refractivity contribution in [3.8, 4) is 0 Å². The van der Waals surface area contributed by atoms with Crippen LogP contribution < -0.4 is 10.6 Å². The van der Waals surface area contributed by atoms with E-state index in [1.807, 2.05) is 23.3 Å². The van der Waals surface area contributed by atoms with Crippen LogP contribution in [-0.4, -0.2) is 60.7 Å². The molecule has 9 nitrogen and oxygen atoms in total. The Bertz CT molecular complexity index is 1270. The quantitative estimate of drug-likeness (QED) is 0.394. The number of benzene rings is 1. The third-order valence-electron chi connectivity index (χ3n) is 7.31. The highest BCUT2D eigenvalue weighted by Crippen LogP contribution is 2.38. The fraction of sp³-hybridized carbons (Fsp3) is 0.556. The summed E-state index contributed by atoms with van der Waals surface area (Å²) in [5.41, 5.74) is 1.28. The number of halogens is 2. The molecule has 2 aliphatic rings. The van der Waals surface area contributed by atoms with E-state index in [0.717, 1.165) is 31.7 Å². The minimum Gasteiger partial charge on any atom is -0.394 e. The molecule has 0 unspecified atom stereocenters. The maximum absolute atomic E-state index is 14.5. The van der Waals surface area contributed by atoms with Gasteiger partial charge in [0.15, 0.2) is 5.65 Å². The number of rotatable bonds is 7. The molecule has 3 N–H and O–H groups in total. The summed E-state index contributed by atoms with van der Waals surface area (Å²) in [5.74, 6) is -0.469. The van der Waals surface area contributed by atoms with Crippen molar-refractivity contribution in [2.75, 3.05) is 23.8 Å². The molecule has 1 saturated heterocycles. The van der Waals surface area contributed by atoms with Gasteiger partial charge in [0, 0.05) is 30.6 Å². The topological polar surface area (TPSA) is 108 Å². The van der Waals surface area contributed by atoms with Gasteiger partial charge in [-0.1, -0.05) is 7.43 Å². The van der Waals surface area contributed by atoms with E-state index < -0.39 is 11.6 Å². The van der Waals surface area contributed by atoms with Gasteiger partial charge >= 0.3 is 0 Å². The van der Waals surface area contributed by atoms with Crippen molar-refractivity contribution >= 4 is 34.7 Å². The minimum absolute atomic E-state index is 0. The first-order chi connectivity index (χ1) is 17.8. The number of anilines is 3. The molecule has 11 heteroatoms. The molecule has 3 aromatic rings. The molecule has 2 fully saturated rings. The van der Waals surface area contributed by atoms with Gasteiger partial charge in [-0.05, 0) is 64.5 Å². The molecule has 1 aliphatic heterocycles. The van der Waals surface area contributed by atoms with Gasteiger partial charge in [0.05, 0.1) is 24.5 Å². The van der Waals surface area contributed by atoms with Gasteiger partial charge in [0.2, 0.25) is 17.8 Å². The largest absolute Gasteiger partial charge is 0.394 e. The van der Waals surface area contributed by atoms with Gasteiger partial charge in [-0.15, -0.1) is 0 Å². The third-order valence-corrected chi connectivity index (χ3v) is 7.31. The Kier molecular flexibility index (Phi) is 8.44. The minimum atomic E-state index is -0.717. The molecule has 206 valence electrons. The molecule has 2 aromatic heterocycles. The summed E-state index contributed by atoms with van der Waals surface area (Å²) < 4.78 is 29.9. The van der Waals surface area contributed by atoms with Crippen LogP contribution in [-0.2, 0) is 4.79 Å². The molecular weight excluding hydrogens is 492 g/mol. The Balaban J connectivity index is 0.00000336. The predicted octanol–water partition coefficient (Wildman–Crippen LogP) is 5.02. The average Bonchev–Trinajstić information content (AvgIpc) is 3.49. The second-order valence-corrected chi connectivity index (χ2v) is 10.3. The Morgan fingerprint density at radius 2 is 1.92 bits per heavy atom. The van der Waals surface area contributed by atoms with E-state index in [2.05, 4.69) is 20.6 Å². The molecule has 3 heterocycles. The third kappa shape index (κ3) is 5.57. The molecule has 38 heavy (non-hydrogen) atoms. The molecule has 1 aromatic carbocycles. The Morgan fingerprint density at radius 3 is 2.61 bits per heavy atom. The average molecular weight is 530 g/mol. The SMILES string of the molecule is C.CC(C)Nc1ncc2nc(Nc3ccc(F)cc3F)n(C3CCC(C(=O)N4CCC[C@H]4CO)CC3)c2n1. The van der Waals surface area contributed by atoms with E-state index in [9.17, 15) is 18.7 Å². The number of carbonyl (C=O) groups excluding carboxylic acids is 1. The normalized spacial score (nSPS) is 21.5. The van der Waals surface area contributed by atoms with Crippen molar-refractivity contribution in [3.05, 3.63) is 36.0 Å². The first-order valence-electron chi connectivity index (χ1n) is 13.0. The number of imidazole rings is 1. The number of likely N-dealkylation sites (tertiary alicyclic amines) is 1.